The summed E-state index contributed by atoms with van der Waals surface area (Å²) in [7, 11) is -1.91. The highest BCUT2D eigenvalue weighted by Gasteiger charge is 2.44. The topological polar surface area (TPSA) is 55.8 Å². The van der Waals surface area contributed by atoms with E-state index >= 15 is 0 Å². The van der Waals surface area contributed by atoms with Crippen LogP contribution in [-0.2, 0) is 14.0 Å². The third-order valence-electron chi connectivity index (χ3n) is 6.29. The molecule has 5 atom stereocenters. The Morgan fingerprint density at radius 1 is 1.19 bits per heavy atom. The highest BCUT2D eigenvalue weighted by atomic mass is 28.4. The third kappa shape index (κ3) is 9.12. The van der Waals surface area contributed by atoms with Crippen LogP contribution in [0.25, 0.3) is 0 Å². The van der Waals surface area contributed by atoms with Crippen molar-refractivity contribution in [3.63, 3.8) is 0 Å². The first kappa shape index (κ1) is 27.3. The second kappa shape index (κ2) is 12.4. The molecule has 0 heterocycles. The van der Waals surface area contributed by atoms with Crippen molar-refractivity contribution in [3.05, 3.63) is 0 Å². The summed E-state index contributed by atoms with van der Waals surface area (Å²) in [5, 5.41) is 10.8. The van der Waals surface area contributed by atoms with Gasteiger partial charge in [-0.25, -0.2) is 4.79 Å². The zero-order valence-electron chi connectivity index (χ0n) is 20.6. The molecule has 0 saturated heterocycles. The summed E-state index contributed by atoms with van der Waals surface area (Å²) in [4.78, 5) is 12.0. The molecular weight excluding hydrogens is 404 g/mol. The Labute approximate surface area is 191 Å². The maximum Gasteiger partial charge on any atom is 0.384 e. The highest BCUT2D eigenvalue weighted by molar-refractivity contribution is 6.74. The Morgan fingerprint density at radius 2 is 1.87 bits per heavy atom. The van der Waals surface area contributed by atoms with Gasteiger partial charge in [0.1, 0.15) is 12.2 Å². The van der Waals surface area contributed by atoms with Crippen LogP contribution in [0.4, 0.5) is 0 Å². The number of rotatable bonds is 7. The molecule has 0 aromatic carbocycles. The average Bonchev–Trinajstić information content (AvgIpc) is 3.04. The molecule has 31 heavy (non-hydrogen) atoms. The van der Waals surface area contributed by atoms with E-state index in [2.05, 4.69) is 69.4 Å². The van der Waals surface area contributed by atoms with Crippen LogP contribution in [0.15, 0.2) is 0 Å². The van der Waals surface area contributed by atoms with Crippen LogP contribution in [0.2, 0.25) is 18.1 Å². The largest absolute Gasteiger partial charge is 0.453 e. The molecule has 5 heteroatoms. The first-order chi connectivity index (χ1) is 14.4. The SMILES string of the molecule is CC#CCCC[C@@H](C)OC(=O)C#C[C@@H](O)[C@@H]1C[C@@H](O[Si](C)(C)C(C)(C)C)C[C@H]1C#CC. The summed E-state index contributed by atoms with van der Waals surface area (Å²) in [6.07, 6.45) is 2.82. The maximum atomic E-state index is 12.0. The van der Waals surface area contributed by atoms with Crippen LogP contribution in [-0.4, -0.2) is 37.7 Å². The van der Waals surface area contributed by atoms with Crippen LogP contribution >= 0.6 is 0 Å². The van der Waals surface area contributed by atoms with Crippen LogP contribution in [0.1, 0.15) is 73.6 Å². The van der Waals surface area contributed by atoms with Crippen molar-refractivity contribution < 1.29 is 19.1 Å². The van der Waals surface area contributed by atoms with E-state index in [-0.39, 0.29) is 29.1 Å². The van der Waals surface area contributed by atoms with Crippen molar-refractivity contribution in [3.8, 4) is 35.5 Å². The summed E-state index contributed by atoms with van der Waals surface area (Å²) >= 11 is 0. The Kier molecular flexibility index (Phi) is 10.9. The Balaban J connectivity index is 2.71. The van der Waals surface area contributed by atoms with E-state index < -0.39 is 20.4 Å². The van der Waals surface area contributed by atoms with Crippen LogP contribution in [0.3, 0.4) is 0 Å². The number of carbonyl (C=O) groups excluding carboxylic acids is 1. The average molecular weight is 445 g/mol. The Morgan fingerprint density at radius 3 is 2.45 bits per heavy atom. The number of hydrogen-bond donors (Lipinski definition) is 1. The van der Waals surface area contributed by atoms with Crippen molar-refractivity contribution >= 4 is 14.3 Å². The molecule has 172 valence electrons. The lowest BCUT2D eigenvalue weighted by Crippen LogP contribution is -2.43. The molecule has 0 aromatic rings. The van der Waals surface area contributed by atoms with Crippen LogP contribution in [0.5, 0.6) is 0 Å². The summed E-state index contributed by atoms with van der Waals surface area (Å²) < 4.78 is 11.9. The van der Waals surface area contributed by atoms with Gasteiger partial charge < -0.3 is 14.3 Å². The zero-order chi connectivity index (χ0) is 23.7. The summed E-state index contributed by atoms with van der Waals surface area (Å²) in [5.41, 5.74) is 0. The molecule has 4 nitrogen and oxygen atoms in total. The zero-order valence-corrected chi connectivity index (χ0v) is 21.6. The Bertz CT molecular complexity index is 776. The van der Waals surface area contributed by atoms with Crippen LogP contribution in [0, 0.1) is 47.4 Å². The molecule has 0 amide bonds. The fourth-order valence-corrected chi connectivity index (χ4v) is 4.91. The van der Waals surface area contributed by atoms with Crippen LogP contribution < -0.4 is 0 Å². The molecule has 1 N–H and O–H groups in total. The number of carbonyl (C=O) groups is 1. The number of aliphatic hydroxyl groups excluding tert-OH is 1. The molecule has 0 aromatic heterocycles. The minimum Gasteiger partial charge on any atom is -0.453 e. The number of hydrogen-bond acceptors (Lipinski definition) is 4. The van der Waals surface area contributed by atoms with E-state index in [1.807, 2.05) is 20.8 Å². The van der Waals surface area contributed by atoms with Gasteiger partial charge in [0.2, 0.25) is 0 Å². The van der Waals surface area contributed by atoms with E-state index in [0.717, 1.165) is 25.7 Å². The monoisotopic (exact) mass is 444 g/mol. The van der Waals surface area contributed by atoms with Gasteiger partial charge in [-0.3, -0.25) is 0 Å². The van der Waals surface area contributed by atoms with Gasteiger partial charge in [-0.15, -0.1) is 17.8 Å². The molecule has 1 fully saturated rings. The van der Waals surface area contributed by atoms with E-state index in [0.29, 0.717) is 6.42 Å². The van der Waals surface area contributed by atoms with Gasteiger partial charge in [-0.05, 0) is 64.6 Å². The van der Waals surface area contributed by atoms with E-state index in [1.54, 1.807) is 0 Å². The quantitative estimate of drug-likeness (QED) is 0.199. The van der Waals surface area contributed by atoms with Crippen molar-refractivity contribution in [1.82, 2.24) is 0 Å². The minimum atomic E-state index is -1.91. The van der Waals surface area contributed by atoms with Crippen molar-refractivity contribution in [2.45, 2.75) is 110 Å². The lowest BCUT2D eigenvalue weighted by molar-refractivity contribution is -0.141. The molecule has 0 bridgehead atoms. The maximum absolute atomic E-state index is 12.0. The van der Waals surface area contributed by atoms with Gasteiger partial charge in [0.25, 0.3) is 0 Å². The van der Waals surface area contributed by atoms with Crippen molar-refractivity contribution in [1.29, 1.82) is 0 Å². The molecule has 1 saturated carbocycles. The number of ether oxygens (including phenoxy) is 1. The smallest absolute Gasteiger partial charge is 0.384 e. The predicted molar refractivity (Wildman–Crippen MR) is 128 cm³/mol. The minimum absolute atomic E-state index is 0.0127. The van der Waals surface area contributed by atoms with E-state index in [9.17, 15) is 9.90 Å². The molecule has 1 aliphatic rings. The Hall–Kier alpha value is -1.71. The van der Waals surface area contributed by atoms with Gasteiger partial charge in [-0.2, -0.15) is 0 Å². The molecule has 0 unspecified atom stereocenters. The van der Waals surface area contributed by atoms with Gasteiger partial charge in [0.05, 0.1) is 0 Å². The fraction of sp³-hybridized carbons (Fsp3) is 0.731. The molecule has 0 aliphatic heterocycles. The number of esters is 1. The first-order valence-electron chi connectivity index (χ1n) is 11.3. The lowest BCUT2D eigenvalue weighted by atomic mass is 9.91. The van der Waals surface area contributed by atoms with Crippen molar-refractivity contribution in [2.75, 3.05) is 0 Å². The fourth-order valence-electron chi connectivity index (χ4n) is 3.53. The second-order valence-corrected chi connectivity index (χ2v) is 14.6. The lowest BCUT2D eigenvalue weighted by Gasteiger charge is -2.38. The van der Waals surface area contributed by atoms with E-state index in [1.165, 1.54) is 0 Å². The number of unbranched alkanes of at least 4 members (excludes halogenated alkanes) is 1. The van der Waals surface area contributed by atoms with Gasteiger partial charge in [-0.1, -0.05) is 32.6 Å². The molecular formula is C26H40O4Si. The highest BCUT2D eigenvalue weighted by Crippen LogP contribution is 2.42. The van der Waals surface area contributed by atoms with Gasteiger partial charge in [0.15, 0.2) is 8.32 Å². The summed E-state index contributed by atoms with van der Waals surface area (Å²) in [6.45, 7) is 16.6. The van der Waals surface area contributed by atoms with Crippen molar-refractivity contribution in [2.24, 2.45) is 11.8 Å². The normalized spacial score (nSPS) is 22.7. The standard InChI is InChI=1S/C26H40O4Si/c1-9-11-12-13-15-20(3)29-25(28)17-16-24(27)23-19-22(18-21(23)14-10-2)30-31(7,8)26(4,5)6/h20-24,27H,12-13,15,18-19H2,1-8H3/t20-,21-,22+,23-,24-/m1/s1. The van der Waals surface area contributed by atoms with Gasteiger partial charge >= 0.3 is 5.97 Å². The third-order valence-corrected chi connectivity index (χ3v) is 10.8. The molecule has 0 spiro atoms. The molecule has 1 aliphatic carbocycles. The molecule has 0 radical (unpaired) electrons. The summed E-state index contributed by atoms with van der Waals surface area (Å²) in [6, 6.07) is 0. The summed E-state index contributed by atoms with van der Waals surface area (Å²) in [5.74, 6) is 16.5. The number of aliphatic hydroxyl groups is 1. The van der Waals surface area contributed by atoms with E-state index in [4.69, 9.17) is 9.16 Å². The van der Waals surface area contributed by atoms with Gasteiger partial charge in [0, 0.05) is 30.3 Å². The predicted octanol–water partition coefficient (Wildman–Crippen LogP) is 4.92. The second-order valence-electron chi connectivity index (χ2n) is 9.89. The molecule has 1 rings (SSSR count). The first-order valence-corrected chi connectivity index (χ1v) is 14.2.